The zero-order valence-electron chi connectivity index (χ0n) is 14.1. The SMILES string of the molecule is Cc1c(C(=O)NCc2ccc(S(N)(=O)=O)cc2)cnn1-c1ccccc1. The van der Waals surface area contributed by atoms with Crippen LogP contribution in [0.5, 0.6) is 0 Å². The van der Waals surface area contributed by atoms with Gasteiger partial charge in [0.2, 0.25) is 10.0 Å². The number of nitrogens with two attached hydrogens (primary N) is 1. The third-order valence-electron chi connectivity index (χ3n) is 3.96. The minimum atomic E-state index is -3.72. The highest BCUT2D eigenvalue weighted by Crippen LogP contribution is 2.14. The first kappa shape index (κ1) is 17.8. The summed E-state index contributed by atoms with van der Waals surface area (Å²) in [5.41, 5.74) is 2.86. The van der Waals surface area contributed by atoms with Crippen LogP contribution in [0.3, 0.4) is 0 Å². The van der Waals surface area contributed by atoms with Gasteiger partial charge in [-0.3, -0.25) is 4.79 Å². The van der Waals surface area contributed by atoms with Crippen molar-refractivity contribution in [1.82, 2.24) is 15.1 Å². The normalized spacial score (nSPS) is 11.3. The van der Waals surface area contributed by atoms with Crippen LogP contribution in [0.2, 0.25) is 0 Å². The summed E-state index contributed by atoms with van der Waals surface area (Å²) in [6.07, 6.45) is 1.53. The molecule has 7 nitrogen and oxygen atoms in total. The summed E-state index contributed by atoms with van der Waals surface area (Å²) in [5.74, 6) is -0.250. The molecule has 0 fully saturated rings. The molecule has 0 saturated heterocycles. The van der Waals surface area contributed by atoms with E-state index in [1.54, 1.807) is 16.8 Å². The first-order valence-corrected chi connectivity index (χ1v) is 9.41. The van der Waals surface area contributed by atoms with E-state index in [1.807, 2.05) is 37.3 Å². The Balaban J connectivity index is 1.70. The quantitative estimate of drug-likeness (QED) is 0.713. The van der Waals surface area contributed by atoms with E-state index in [1.165, 1.54) is 18.3 Å². The van der Waals surface area contributed by atoms with Crippen molar-refractivity contribution < 1.29 is 13.2 Å². The summed E-state index contributed by atoms with van der Waals surface area (Å²) in [6.45, 7) is 2.09. The number of carbonyl (C=O) groups is 1. The van der Waals surface area contributed by atoms with E-state index in [-0.39, 0.29) is 17.3 Å². The summed E-state index contributed by atoms with van der Waals surface area (Å²) in [7, 11) is -3.72. The van der Waals surface area contributed by atoms with E-state index in [2.05, 4.69) is 10.4 Å². The van der Waals surface area contributed by atoms with Crippen LogP contribution >= 0.6 is 0 Å². The maximum Gasteiger partial charge on any atom is 0.255 e. The van der Waals surface area contributed by atoms with Gasteiger partial charge in [-0.05, 0) is 36.8 Å². The molecule has 26 heavy (non-hydrogen) atoms. The lowest BCUT2D eigenvalue weighted by Crippen LogP contribution is -2.23. The summed E-state index contributed by atoms with van der Waals surface area (Å²) < 4.78 is 24.2. The van der Waals surface area contributed by atoms with Gasteiger partial charge in [-0.15, -0.1) is 0 Å². The highest BCUT2D eigenvalue weighted by atomic mass is 32.2. The molecule has 0 aliphatic heterocycles. The lowest BCUT2D eigenvalue weighted by Gasteiger charge is -2.07. The molecule has 0 saturated carbocycles. The molecule has 0 spiro atoms. The van der Waals surface area contributed by atoms with Crippen molar-refractivity contribution in [1.29, 1.82) is 0 Å². The number of sulfonamides is 1. The van der Waals surface area contributed by atoms with Crippen molar-refractivity contribution in [3.05, 3.63) is 77.6 Å². The molecule has 1 aromatic heterocycles. The van der Waals surface area contributed by atoms with Gasteiger partial charge in [0.15, 0.2) is 0 Å². The van der Waals surface area contributed by atoms with E-state index < -0.39 is 10.0 Å². The van der Waals surface area contributed by atoms with Gasteiger partial charge in [-0.25, -0.2) is 18.2 Å². The number of hydrogen-bond donors (Lipinski definition) is 2. The Labute approximate surface area is 151 Å². The number of primary sulfonamides is 1. The van der Waals surface area contributed by atoms with Crippen LogP contribution in [-0.2, 0) is 16.6 Å². The number of nitrogens with one attached hydrogen (secondary N) is 1. The molecule has 8 heteroatoms. The maximum absolute atomic E-state index is 12.4. The predicted octanol–water partition coefficient (Wildman–Crippen LogP) is 1.76. The third kappa shape index (κ3) is 3.81. The van der Waals surface area contributed by atoms with Crippen LogP contribution in [-0.4, -0.2) is 24.1 Å². The van der Waals surface area contributed by atoms with Crippen LogP contribution in [0, 0.1) is 6.92 Å². The number of para-hydroxylation sites is 1. The molecule has 1 amide bonds. The first-order valence-electron chi connectivity index (χ1n) is 7.86. The van der Waals surface area contributed by atoms with Gasteiger partial charge < -0.3 is 5.32 Å². The number of rotatable bonds is 5. The Kier molecular flexibility index (Phi) is 4.88. The average molecular weight is 370 g/mol. The van der Waals surface area contributed by atoms with Crippen molar-refractivity contribution in [2.45, 2.75) is 18.4 Å². The van der Waals surface area contributed by atoms with Crippen molar-refractivity contribution in [2.24, 2.45) is 5.14 Å². The molecule has 0 atom stereocenters. The Morgan fingerprint density at radius 2 is 1.77 bits per heavy atom. The Morgan fingerprint density at radius 3 is 2.38 bits per heavy atom. The van der Waals surface area contributed by atoms with Gasteiger partial charge in [-0.2, -0.15) is 5.10 Å². The molecule has 0 bridgehead atoms. The second kappa shape index (κ2) is 7.11. The molecule has 3 aromatic rings. The van der Waals surface area contributed by atoms with Crippen LogP contribution in [0.1, 0.15) is 21.6 Å². The Morgan fingerprint density at radius 1 is 1.12 bits per heavy atom. The van der Waals surface area contributed by atoms with E-state index in [0.29, 0.717) is 5.56 Å². The van der Waals surface area contributed by atoms with E-state index in [9.17, 15) is 13.2 Å². The molecule has 2 aromatic carbocycles. The van der Waals surface area contributed by atoms with Crippen LogP contribution in [0.15, 0.2) is 65.7 Å². The molecular formula is C18H18N4O3S. The molecule has 1 heterocycles. The standard InChI is InChI=1S/C18H18N4O3S/c1-13-17(12-21-22(13)15-5-3-2-4-6-15)18(23)20-11-14-7-9-16(10-8-14)26(19,24)25/h2-10,12H,11H2,1H3,(H,20,23)(H2,19,24,25). The Bertz CT molecular complexity index is 1030. The summed E-state index contributed by atoms with van der Waals surface area (Å²) in [4.78, 5) is 12.5. The van der Waals surface area contributed by atoms with Crippen LogP contribution in [0.4, 0.5) is 0 Å². The van der Waals surface area contributed by atoms with Crippen LogP contribution < -0.4 is 10.5 Å². The summed E-state index contributed by atoms with van der Waals surface area (Å²) >= 11 is 0. The topological polar surface area (TPSA) is 107 Å². The molecule has 0 unspecified atom stereocenters. The molecule has 134 valence electrons. The number of hydrogen-bond acceptors (Lipinski definition) is 4. The van der Waals surface area contributed by atoms with Crippen molar-refractivity contribution in [2.75, 3.05) is 0 Å². The fourth-order valence-electron chi connectivity index (χ4n) is 2.54. The highest BCUT2D eigenvalue weighted by molar-refractivity contribution is 7.89. The Hall–Kier alpha value is -2.97. The predicted molar refractivity (Wildman–Crippen MR) is 97.3 cm³/mol. The number of aromatic nitrogens is 2. The van der Waals surface area contributed by atoms with E-state index in [4.69, 9.17) is 5.14 Å². The van der Waals surface area contributed by atoms with Gasteiger partial charge in [-0.1, -0.05) is 30.3 Å². The van der Waals surface area contributed by atoms with Gasteiger partial charge in [0, 0.05) is 6.54 Å². The van der Waals surface area contributed by atoms with Crippen LogP contribution in [0.25, 0.3) is 5.69 Å². The number of nitrogens with zero attached hydrogens (tertiary/aromatic N) is 2. The molecule has 3 rings (SSSR count). The molecular weight excluding hydrogens is 352 g/mol. The second-order valence-electron chi connectivity index (χ2n) is 5.76. The molecule has 0 radical (unpaired) electrons. The lowest BCUT2D eigenvalue weighted by molar-refractivity contribution is 0.0950. The van der Waals surface area contributed by atoms with Crippen molar-refractivity contribution in [3.63, 3.8) is 0 Å². The second-order valence-corrected chi connectivity index (χ2v) is 7.32. The smallest absolute Gasteiger partial charge is 0.255 e. The fraction of sp³-hybridized carbons (Fsp3) is 0.111. The number of carbonyl (C=O) groups excluding carboxylic acids is 1. The zero-order valence-corrected chi connectivity index (χ0v) is 14.9. The van der Waals surface area contributed by atoms with Gasteiger partial charge in [0.1, 0.15) is 0 Å². The highest BCUT2D eigenvalue weighted by Gasteiger charge is 2.15. The van der Waals surface area contributed by atoms with Crippen molar-refractivity contribution in [3.8, 4) is 5.69 Å². The summed E-state index contributed by atoms with van der Waals surface area (Å²) in [6, 6.07) is 15.6. The van der Waals surface area contributed by atoms with E-state index in [0.717, 1.165) is 16.9 Å². The number of amides is 1. The van der Waals surface area contributed by atoms with E-state index >= 15 is 0 Å². The monoisotopic (exact) mass is 370 g/mol. The zero-order chi connectivity index (χ0) is 18.7. The first-order chi connectivity index (χ1) is 12.4. The largest absolute Gasteiger partial charge is 0.348 e. The third-order valence-corrected chi connectivity index (χ3v) is 4.89. The average Bonchev–Trinajstić information content (AvgIpc) is 3.01. The van der Waals surface area contributed by atoms with Crippen molar-refractivity contribution >= 4 is 15.9 Å². The fourth-order valence-corrected chi connectivity index (χ4v) is 3.05. The minimum Gasteiger partial charge on any atom is -0.348 e. The lowest BCUT2D eigenvalue weighted by atomic mass is 10.2. The molecule has 0 aliphatic carbocycles. The minimum absolute atomic E-state index is 0.0348. The van der Waals surface area contributed by atoms with Gasteiger partial charge >= 0.3 is 0 Å². The molecule has 0 aliphatic rings. The van der Waals surface area contributed by atoms with Gasteiger partial charge in [0.25, 0.3) is 5.91 Å². The molecule has 3 N–H and O–H groups in total. The van der Waals surface area contributed by atoms with Gasteiger partial charge in [0.05, 0.1) is 28.0 Å². The summed E-state index contributed by atoms with van der Waals surface area (Å²) in [5, 5.41) is 12.1. The number of benzene rings is 2. The maximum atomic E-state index is 12.4.